The average Bonchev–Trinajstić information content (AvgIpc) is 2.63. The largest absolute Gasteiger partial charge is 0.360 e. The quantitative estimate of drug-likeness (QED) is 0.617. The van der Waals surface area contributed by atoms with Gasteiger partial charge in [-0.1, -0.05) is 50.2 Å². The molecule has 4 nitrogen and oxygen atoms in total. The summed E-state index contributed by atoms with van der Waals surface area (Å²) in [5.41, 5.74) is 3.80. The molecule has 0 aliphatic carbocycles. The lowest BCUT2D eigenvalue weighted by Gasteiger charge is -2.14. The molecular weight excluding hydrogens is 298 g/mol. The first-order chi connectivity index (χ1) is 11.7. The molecule has 0 aliphatic rings. The van der Waals surface area contributed by atoms with Crippen LogP contribution in [-0.4, -0.2) is 5.91 Å². The molecule has 2 aromatic rings. The summed E-state index contributed by atoms with van der Waals surface area (Å²) >= 11 is 0. The molecule has 0 atom stereocenters. The van der Waals surface area contributed by atoms with E-state index in [0.717, 1.165) is 35.3 Å². The molecule has 0 heterocycles. The first-order valence-corrected chi connectivity index (χ1v) is 8.03. The van der Waals surface area contributed by atoms with Gasteiger partial charge in [-0.15, -0.1) is 0 Å². The Labute approximate surface area is 142 Å². The van der Waals surface area contributed by atoms with Gasteiger partial charge in [-0.2, -0.15) is 5.26 Å². The van der Waals surface area contributed by atoms with Gasteiger partial charge in [-0.25, -0.2) is 0 Å². The minimum atomic E-state index is -0.406. The van der Waals surface area contributed by atoms with Gasteiger partial charge in [0.25, 0.3) is 5.91 Å². The lowest BCUT2D eigenvalue weighted by molar-refractivity contribution is -0.112. The Bertz CT molecular complexity index is 751. The van der Waals surface area contributed by atoms with E-state index in [1.165, 1.54) is 6.20 Å². The lowest BCUT2D eigenvalue weighted by Crippen LogP contribution is -2.17. The van der Waals surface area contributed by atoms with E-state index in [0.29, 0.717) is 0 Å². The van der Waals surface area contributed by atoms with Crippen molar-refractivity contribution in [1.82, 2.24) is 0 Å². The van der Waals surface area contributed by atoms with Gasteiger partial charge in [0.15, 0.2) is 0 Å². The van der Waals surface area contributed by atoms with Gasteiger partial charge in [0.2, 0.25) is 0 Å². The molecule has 0 fully saturated rings. The van der Waals surface area contributed by atoms with Crippen molar-refractivity contribution in [3.8, 4) is 6.07 Å². The van der Waals surface area contributed by atoms with Gasteiger partial charge in [-0.3, -0.25) is 4.79 Å². The molecule has 2 rings (SSSR count). The van der Waals surface area contributed by atoms with Crippen molar-refractivity contribution in [3.63, 3.8) is 0 Å². The molecule has 2 N–H and O–H groups in total. The minimum absolute atomic E-state index is 0.0341. The molecule has 24 heavy (non-hydrogen) atoms. The summed E-state index contributed by atoms with van der Waals surface area (Å²) in [6.45, 7) is 4.09. The molecule has 1 amide bonds. The van der Waals surface area contributed by atoms with E-state index in [2.05, 4.69) is 10.6 Å². The van der Waals surface area contributed by atoms with Crippen molar-refractivity contribution in [1.29, 1.82) is 5.26 Å². The fourth-order valence-electron chi connectivity index (χ4n) is 2.42. The maximum atomic E-state index is 12.5. The van der Waals surface area contributed by atoms with Crippen molar-refractivity contribution >= 4 is 17.3 Å². The van der Waals surface area contributed by atoms with E-state index in [1.54, 1.807) is 0 Å². The molecule has 0 aromatic heterocycles. The number of nitriles is 1. The number of aryl methyl sites for hydroxylation is 2. The van der Waals surface area contributed by atoms with Crippen LogP contribution >= 0.6 is 0 Å². The van der Waals surface area contributed by atoms with Gasteiger partial charge < -0.3 is 10.6 Å². The van der Waals surface area contributed by atoms with Crippen LogP contribution < -0.4 is 10.6 Å². The molecule has 0 saturated heterocycles. The van der Waals surface area contributed by atoms with Gasteiger partial charge in [0.1, 0.15) is 11.6 Å². The van der Waals surface area contributed by atoms with Gasteiger partial charge in [0.05, 0.1) is 0 Å². The number of carbonyl (C=O) groups excluding carboxylic acids is 1. The van der Waals surface area contributed by atoms with Crippen LogP contribution in [0, 0.1) is 11.3 Å². The third kappa shape index (κ3) is 4.23. The number of hydrogen-bond donors (Lipinski definition) is 2. The van der Waals surface area contributed by atoms with Gasteiger partial charge >= 0.3 is 0 Å². The molecular formula is C20H21N3O. The maximum Gasteiger partial charge on any atom is 0.267 e. The second-order valence-electron chi connectivity index (χ2n) is 5.29. The Morgan fingerprint density at radius 2 is 1.67 bits per heavy atom. The summed E-state index contributed by atoms with van der Waals surface area (Å²) in [6.07, 6.45) is 3.07. The highest BCUT2D eigenvalue weighted by atomic mass is 16.1. The second-order valence-corrected chi connectivity index (χ2v) is 5.29. The molecule has 0 spiro atoms. The molecule has 122 valence electrons. The van der Waals surface area contributed by atoms with Crippen LogP contribution in [0.3, 0.4) is 0 Å². The SMILES string of the molecule is CCc1cccc(CC)c1NC(=O)/C(C#N)=C\Nc1ccccc1. The Balaban J connectivity index is 2.20. The minimum Gasteiger partial charge on any atom is -0.360 e. The summed E-state index contributed by atoms with van der Waals surface area (Å²) in [7, 11) is 0. The second kappa shape index (κ2) is 8.54. The van der Waals surface area contributed by atoms with Crippen LogP contribution in [0.25, 0.3) is 0 Å². The number of benzene rings is 2. The lowest BCUT2D eigenvalue weighted by atomic mass is 10.0. The standard InChI is InChI=1S/C20H21N3O/c1-3-15-9-8-10-16(4-2)19(15)23-20(24)17(13-21)14-22-18-11-6-5-7-12-18/h5-12,14,22H,3-4H2,1-2H3,(H,23,24)/b17-14-. The highest BCUT2D eigenvalue weighted by molar-refractivity contribution is 6.07. The van der Waals surface area contributed by atoms with E-state index < -0.39 is 5.91 Å². The zero-order chi connectivity index (χ0) is 17.4. The van der Waals surface area contributed by atoms with Crippen molar-refractivity contribution in [2.45, 2.75) is 26.7 Å². The predicted octanol–water partition coefficient (Wildman–Crippen LogP) is 4.27. The zero-order valence-electron chi connectivity index (χ0n) is 14.0. The molecule has 0 radical (unpaired) electrons. The van der Waals surface area contributed by atoms with Crippen molar-refractivity contribution < 1.29 is 4.79 Å². The Hall–Kier alpha value is -3.06. The summed E-state index contributed by atoms with van der Waals surface area (Å²) in [5, 5.41) is 15.2. The van der Waals surface area contributed by atoms with Crippen LogP contribution in [-0.2, 0) is 17.6 Å². The number of amides is 1. The molecule has 2 aromatic carbocycles. The number of carbonyl (C=O) groups is 1. The van der Waals surface area contributed by atoms with E-state index in [4.69, 9.17) is 0 Å². The molecule has 0 aliphatic heterocycles. The number of hydrogen-bond acceptors (Lipinski definition) is 3. The Morgan fingerprint density at radius 1 is 1.04 bits per heavy atom. The third-order valence-corrected chi connectivity index (χ3v) is 3.76. The number of anilines is 2. The predicted molar refractivity (Wildman–Crippen MR) is 97.6 cm³/mol. The van der Waals surface area contributed by atoms with E-state index in [9.17, 15) is 10.1 Å². The smallest absolute Gasteiger partial charge is 0.267 e. The average molecular weight is 319 g/mol. The summed E-state index contributed by atoms with van der Waals surface area (Å²) in [6, 6.07) is 17.3. The number of nitrogens with zero attached hydrogens (tertiary/aromatic N) is 1. The van der Waals surface area contributed by atoms with Crippen LogP contribution in [0.1, 0.15) is 25.0 Å². The van der Waals surface area contributed by atoms with Gasteiger partial charge in [-0.05, 0) is 36.1 Å². The fourth-order valence-corrected chi connectivity index (χ4v) is 2.42. The highest BCUT2D eigenvalue weighted by Gasteiger charge is 2.13. The number of rotatable bonds is 6. The maximum absolute atomic E-state index is 12.5. The molecule has 0 bridgehead atoms. The Kier molecular flexibility index (Phi) is 6.16. The summed E-state index contributed by atoms with van der Waals surface area (Å²) in [5.74, 6) is -0.406. The van der Waals surface area contributed by atoms with E-state index >= 15 is 0 Å². The van der Waals surface area contributed by atoms with Crippen molar-refractivity contribution in [2.75, 3.05) is 10.6 Å². The number of nitrogens with one attached hydrogen (secondary N) is 2. The molecule has 0 saturated carbocycles. The van der Waals surface area contributed by atoms with Crippen LogP contribution in [0.5, 0.6) is 0 Å². The first-order valence-electron chi connectivity index (χ1n) is 8.03. The monoisotopic (exact) mass is 319 g/mol. The topological polar surface area (TPSA) is 64.9 Å². The van der Waals surface area contributed by atoms with Crippen molar-refractivity contribution in [2.24, 2.45) is 0 Å². The molecule has 0 unspecified atom stereocenters. The fraction of sp³-hybridized carbons (Fsp3) is 0.200. The van der Waals surface area contributed by atoms with Crippen LogP contribution in [0.4, 0.5) is 11.4 Å². The Morgan fingerprint density at radius 3 is 2.21 bits per heavy atom. The normalized spacial score (nSPS) is 10.8. The molecule has 4 heteroatoms. The van der Waals surface area contributed by atoms with Gasteiger partial charge in [0, 0.05) is 17.6 Å². The number of para-hydroxylation sites is 2. The first kappa shape index (κ1) is 17.3. The van der Waals surface area contributed by atoms with E-state index in [-0.39, 0.29) is 5.57 Å². The zero-order valence-corrected chi connectivity index (χ0v) is 14.0. The van der Waals surface area contributed by atoms with Crippen LogP contribution in [0.15, 0.2) is 60.3 Å². The van der Waals surface area contributed by atoms with E-state index in [1.807, 2.05) is 68.4 Å². The van der Waals surface area contributed by atoms with Crippen molar-refractivity contribution in [3.05, 3.63) is 71.4 Å². The highest BCUT2D eigenvalue weighted by Crippen LogP contribution is 2.23. The summed E-state index contributed by atoms with van der Waals surface area (Å²) in [4.78, 5) is 12.5. The third-order valence-electron chi connectivity index (χ3n) is 3.76. The summed E-state index contributed by atoms with van der Waals surface area (Å²) < 4.78 is 0. The van der Waals surface area contributed by atoms with Crippen LogP contribution in [0.2, 0.25) is 0 Å².